The number of hydrogen-bond acceptors (Lipinski definition) is 5. The van der Waals surface area contributed by atoms with E-state index < -0.39 is 11.8 Å². The van der Waals surface area contributed by atoms with Gasteiger partial charge >= 0.3 is 5.97 Å². The Kier molecular flexibility index (Phi) is 8.25. The number of nitrogens with zero attached hydrogens (tertiary/aromatic N) is 1. The third kappa shape index (κ3) is 6.21. The first-order chi connectivity index (χ1) is 15.8. The molecule has 9 heteroatoms. The van der Waals surface area contributed by atoms with Crippen LogP contribution >= 0.6 is 23.2 Å². The summed E-state index contributed by atoms with van der Waals surface area (Å²) >= 11 is 12.0. The SMILES string of the molecule is CCOC(=O)CCCC1=CC(=O)N(c2ccc(C(=O)NCc3ccc(Cl)cc3Cl)cc2)C1=O. The molecule has 33 heavy (non-hydrogen) atoms. The highest BCUT2D eigenvalue weighted by molar-refractivity contribution is 6.35. The third-order valence-electron chi connectivity index (χ3n) is 4.97. The zero-order valence-corrected chi connectivity index (χ0v) is 19.4. The van der Waals surface area contributed by atoms with Crippen LogP contribution in [0.3, 0.4) is 0 Å². The maximum atomic E-state index is 12.7. The molecule has 172 valence electrons. The topological polar surface area (TPSA) is 92.8 Å². The minimum absolute atomic E-state index is 0.178. The molecule has 0 saturated carbocycles. The normalized spacial score (nSPS) is 13.2. The van der Waals surface area contributed by atoms with Crippen molar-refractivity contribution in [3.8, 4) is 0 Å². The van der Waals surface area contributed by atoms with Gasteiger partial charge in [-0.2, -0.15) is 0 Å². The Hall–Kier alpha value is -3.16. The van der Waals surface area contributed by atoms with Crippen LogP contribution in [-0.4, -0.2) is 30.3 Å². The molecule has 1 N–H and O–H groups in total. The van der Waals surface area contributed by atoms with E-state index in [-0.39, 0.29) is 24.8 Å². The van der Waals surface area contributed by atoms with Crippen molar-refractivity contribution in [3.63, 3.8) is 0 Å². The maximum absolute atomic E-state index is 12.7. The minimum atomic E-state index is -0.458. The molecule has 0 fully saturated rings. The number of ether oxygens (including phenoxy) is 1. The van der Waals surface area contributed by atoms with Crippen LogP contribution in [0.25, 0.3) is 0 Å². The van der Waals surface area contributed by atoms with E-state index in [0.717, 1.165) is 10.5 Å². The summed E-state index contributed by atoms with van der Waals surface area (Å²) in [5.41, 5.74) is 1.79. The lowest BCUT2D eigenvalue weighted by Gasteiger charge is -2.15. The van der Waals surface area contributed by atoms with Gasteiger partial charge in [0, 0.05) is 40.2 Å². The van der Waals surface area contributed by atoms with Crippen LogP contribution in [-0.2, 0) is 25.7 Å². The third-order valence-corrected chi connectivity index (χ3v) is 5.56. The summed E-state index contributed by atoms with van der Waals surface area (Å²) in [6, 6.07) is 11.2. The molecule has 0 radical (unpaired) electrons. The highest BCUT2D eigenvalue weighted by atomic mass is 35.5. The van der Waals surface area contributed by atoms with Crippen molar-refractivity contribution < 1.29 is 23.9 Å². The Bertz CT molecular complexity index is 1110. The minimum Gasteiger partial charge on any atom is -0.466 e. The number of anilines is 1. The highest BCUT2D eigenvalue weighted by Crippen LogP contribution is 2.26. The molecular weight excluding hydrogens is 467 g/mol. The van der Waals surface area contributed by atoms with Crippen LogP contribution in [0.4, 0.5) is 5.69 Å². The monoisotopic (exact) mass is 488 g/mol. The Labute approximate surface area is 201 Å². The van der Waals surface area contributed by atoms with Gasteiger partial charge in [-0.25, -0.2) is 4.90 Å². The lowest BCUT2D eigenvalue weighted by Crippen LogP contribution is -2.31. The Morgan fingerprint density at radius 3 is 2.45 bits per heavy atom. The fourth-order valence-electron chi connectivity index (χ4n) is 3.30. The molecule has 2 aromatic rings. The second-order valence-electron chi connectivity index (χ2n) is 7.27. The van der Waals surface area contributed by atoms with Crippen molar-refractivity contribution in [2.24, 2.45) is 0 Å². The first-order valence-corrected chi connectivity index (χ1v) is 11.1. The van der Waals surface area contributed by atoms with Crippen LogP contribution in [0.5, 0.6) is 0 Å². The first-order valence-electron chi connectivity index (χ1n) is 10.4. The predicted octanol–water partition coefficient (Wildman–Crippen LogP) is 4.46. The summed E-state index contributed by atoms with van der Waals surface area (Å²) in [6.45, 7) is 2.25. The van der Waals surface area contributed by atoms with Crippen molar-refractivity contribution in [1.29, 1.82) is 0 Å². The Balaban J connectivity index is 1.58. The van der Waals surface area contributed by atoms with E-state index in [0.29, 0.717) is 46.3 Å². The fourth-order valence-corrected chi connectivity index (χ4v) is 3.78. The van der Waals surface area contributed by atoms with Crippen molar-refractivity contribution in [3.05, 3.63) is 75.3 Å². The lowest BCUT2D eigenvalue weighted by atomic mass is 10.1. The Morgan fingerprint density at radius 1 is 1.06 bits per heavy atom. The van der Waals surface area contributed by atoms with Gasteiger partial charge in [0.1, 0.15) is 0 Å². The number of halogens is 2. The van der Waals surface area contributed by atoms with Gasteiger partial charge in [-0.3, -0.25) is 19.2 Å². The number of nitrogens with one attached hydrogen (secondary N) is 1. The van der Waals surface area contributed by atoms with Gasteiger partial charge in [0.25, 0.3) is 17.7 Å². The smallest absolute Gasteiger partial charge is 0.305 e. The zero-order valence-electron chi connectivity index (χ0n) is 17.9. The van der Waals surface area contributed by atoms with Crippen LogP contribution in [0, 0.1) is 0 Å². The van der Waals surface area contributed by atoms with E-state index >= 15 is 0 Å². The van der Waals surface area contributed by atoms with E-state index in [4.69, 9.17) is 27.9 Å². The molecular formula is C24H22Cl2N2O5. The number of hydrogen-bond donors (Lipinski definition) is 1. The second kappa shape index (κ2) is 11.1. The number of carbonyl (C=O) groups is 4. The maximum Gasteiger partial charge on any atom is 0.305 e. The molecule has 0 unspecified atom stereocenters. The van der Waals surface area contributed by atoms with Gasteiger partial charge in [0.15, 0.2) is 0 Å². The summed E-state index contributed by atoms with van der Waals surface area (Å²) < 4.78 is 4.86. The summed E-state index contributed by atoms with van der Waals surface area (Å²) in [5.74, 6) is -1.55. The van der Waals surface area contributed by atoms with Crippen LogP contribution < -0.4 is 10.2 Å². The molecule has 1 aliphatic heterocycles. The molecule has 0 spiro atoms. The molecule has 1 aliphatic rings. The largest absolute Gasteiger partial charge is 0.466 e. The number of carbonyl (C=O) groups excluding carboxylic acids is 4. The lowest BCUT2D eigenvalue weighted by molar-refractivity contribution is -0.143. The average molecular weight is 489 g/mol. The number of rotatable bonds is 9. The van der Waals surface area contributed by atoms with E-state index in [2.05, 4.69) is 5.32 Å². The standard InChI is InChI=1S/C24H22Cl2N2O5/c1-2-33-22(30)5-3-4-16-12-21(29)28(24(16)32)19-10-7-15(8-11-19)23(31)27-14-17-6-9-18(25)13-20(17)26/h6-13H,2-5,14H2,1H3,(H,27,31). The molecule has 1 heterocycles. The highest BCUT2D eigenvalue weighted by Gasteiger charge is 2.32. The number of benzene rings is 2. The summed E-state index contributed by atoms with van der Waals surface area (Å²) in [6.07, 6.45) is 2.17. The molecule has 3 rings (SSSR count). The van der Waals surface area contributed by atoms with Crippen LogP contribution in [0.2, 0.25) is 10.0 Å². The van der Waals surface area contributed by atoms with Gasteiger partial charge in [0.2, 0.25) is 0 Å². The molecule has 0 atom stereocenters. The second-order valence-corrected chi connectivity index (χ2v) is 8.12. The van der Waals surface area contributed by atoms with Gasteiger partial charge in [-0.15, -0.1) is 0 Å². The summed E-state index contributed by atoms with van der Waals surface area (Å²) in [5, 5.41) is 3.73. The van der Waals surface area contributed by atoms with Gasteiger partial charge in [-0.05, 0) is 61.7 Å². The zero-order chi connectivity index (χ0) is 24.0. The molecule has 7 nitrogen and oxygen atoms in total. The van der Waals surface area contributed by atoms with Gasteiger partial charge in [-0.1, -0.05) is 29.3 Å². The van der Waals surface area contributed by atoms with E-state index in [1.807, 2.05) is 0 Å². The van der Waals surface area contributed by atoms with Gasteiger partial charge in [0.05, 0.1) is 12.3 Å². The van der Waals surface area contributed by atoms with Crippen molar-refractivity contribution in [1.82, 2.24) is 5.32 Å². The molecule has 3 amide bonds. The van der Waals surface area contributed by atoms with Gasteiger partial charge < -0.3 is 10.1 Å². The number of amides is 3. The summed E-state index contributed by atoms with van der Waals surface area (Å²) in [7, 11) is 0. The quantitative estimate of drug-likeness (QED) is 0.415. The van der Waals surface area contributed by atoms with Crippen molar-refractivity contribution in [2.75, 3.05) is 11.5 Å². The Morgan fingerprint density at radius 2 is 1.79 bits per heavy atom. The molecule has 0 aromatic heterocycles. The molecule has 0 aliphatic carbocycles. The molecule has 0 saturated heterocycles. The predicted molar refractivity (Wildman–Crippen MR) is 125 cm³/mol. The number of imide groups is 1. The van der Waals surface area contributed by atoms with E-state index in [1.165, 1.54) is 30.3 Å². The van der Waals surface area contributed by atoms with E-state index in [1.54, 1.807) is 25.1 Å². The van der Waals surface area contributed by atoms with Crippen molar-refractivity contribution >= 4 is 52.6 Å². The van der Waals surface area contributed by atoms with E-state index in [9.17, 15) is 19.2 Å². The fraction of sp³-hybridized carbons (Fsp3) is 0.250. The molecule has 2 aromatic carbocycles. The van der Waals surface area contributed by atoms with Crippen LogP contribution in [0.15, 0.2) is 54.1 Å². The first kappa shape index (κ1) is 24.5. The molecule has 0 bridgehead atoms. The summed E-state index contributed by atoms with van der Waals surface area (Å²) in [4.78, 5) is 50.0. The average Bonchev–Trinajstić information content (AvgIpc) is 3.06. The number of esters is 1. The van der Waals surface area contributed by atoms with Crippen molar-refractivity contribution in [2.45, 2.75) is 32.7 Å². The van der Waals surface area contributed by atoms with Crippen LogP contribution in [0.1, 0.15) is 42.1 Å².